The number of aromatic nitrogens is 4. The maximum Gasteiger partial charge on any atom is 0.137 e. The summed E-state index contributed by atoms with van der Waals surface area (Å²) < 4.78 is 7.62. The lowest BCUT2D eigenvalue weighted by molar-refractivity contribution is -0.0371. The van der Waals surface area contributed by atoms with E-state index in [2.05, 4.69) is 32.1 Å². The van der Waals surface area contributed by atoms with E-state index < -0.39 is 0 Å². The van der Waals surface area contributed by atoms with Crippen molar-refractivity contribution in [1.82, 2.24) is 24.6 Å². The molecule has 0 N–H and O–H groups in total. The smallest absolute Gasteiger partial charge is 0.137 e. The molecule has 1 aliphatic rings. The lowest BCUT2D eigenvalue weighted by Gasteiger charge is -2.32. The van der Waals surface area contributed by atoms with Crippen LogP contribution in [0.2, 0.25) is 0 Å². The van der Waals surface area contributed by atoms with Gasteiger partial charge in [0.2, 0.25) is 0 Å². The fraction of sp³-hybridized carbons (Fsp3) is 0.500. The molecule has 0 unspecified atom stereocenters. The highest BCUT2D eigenvalue weighted by molar-refractivity contribution is 5.09. The maximum atomic E-state index is 5.79. The maximum absolute atomic E-state index is 5.79. The molecule has 0 bridgehead atoms. The first-order valence-electron chi connectivity index (χ1n) is 6.95. The van der Waals surface area contributed by atoms with Crippen LogP contribution in [0.25, 0.3) is 0 Å². The number of rotatable bonds is 5. The fourth-order valence-corrected chi connectivity index (χ4v) is 2.47. The van der Waals surface area contributed by atoms with Crippen LogP contribution in [0.1, 0.15) is 5.56 Å². The minimum atomic E-state index is 0.197. The molecule has 2 aromatic rings. The molecule has 1 saturated heterocycles. The van der Waals surface area contributed by atoms with Crippen LogP contribution in [0.5, 0.6) is 0 Å². The van der Waals surface area contributed by atoms with Crippen LogP contribution in [-0.2, 0) is 17.7 Å². The van der Waals surface area contributed by atoms with E-state index in [9.17, 15) is 0 Å². The van der Waals surface area contributed by atoms with Crippen LogP contribution < -0.4 is 0 Å². The predicted octanol–water partition coefficient (Wildman–Crippen LogP) is 0.617. The Balaban J connectivity index is 1.48. The topological polar surface area (TPSA) is 56.1 Å². The van der Waals surface area contributed by atoms with E-state index in [-0.39, 0.29) is 6.10 Å². The van der Waals surface area contributed by atoms with Crippen molar-refractivity contribution in [3.05, 3.63) is 42.7 Å². The number of ether oxygens (including phenoxy) is 1. The highest BCUT2D eigenvalue weighted by atomic mass is 16.5. The molecule has 2 aromatic heterocycles. The largest absolute Gasteiger partial charge is 0.374 e. The Morgan fingerprint density at radius 1 is 1.25 bits per heavy atom. The van der Waals surface area contributed by atoms with Crippen LogP contribution >= 0.6 is 0 Å². The van der Waals surface area contributed by atoms with Gasteiger partial charge in [-0.2, -0.15) is 5.10 Å². The molecule has 0 amide bonds. The number of pyridine rings is 1. The van der Waals surface area contributed by atoms with E-state index in [1.54, 1.807) is 12.7 Å². The molecule has 0 saturated carbocycles. The number of nitrogens with zero attached hydrogens (tertiary/aromatic N) is 5. The number of morpholine rings is 1. The molecule has 3 heterocycles. The molecule has 6 nitrogen and oxygen atoms in total. The van der Waals surface area contributed by atoms with Gasteiger partial charge in [0, 0.05) is 32.0 Å². The van der Waals surface area contributed by atoms with Crippen molar-refractivity contribution < 1.29 is 4.74 Å². The summed E-state index contributed by atoms with van der Waals surface area (Å²) in [4.78, 5) is 10.5. The Morgan fingerprint density at radius 3 is 2.95 bits per heavy atom. The SMILES string of the molecule is c1cc(CCN2CCO[C@H](Cn3cncn3)C2)ccn1. The van der Waals surface area contributed by atoms with E-state index in [1.165, 1.54) is 5.56 Å². The third-order valence-electron chi connectivity index (χ3n) is 3.55. The molecule has 0 radical (unpaired) electrons. The number of hydrogen-bond acceptors (Lipinski definition) is 5. The van der Waals surface area contributed by atoms with Crippen molar-refractivity contribution in [1.29, 1.82) is 0 Å². The van der Waals surface area contributed by atoms with Gasteiger partial charge in [-0.05, 0) is 24.1 Å². The van der Waals surface area contributed by atoms with Crippen LogP contribution in [0.3, 0.4) is 0 Å². The van der Waals surface area contributed by atoms with Gasteiger partial charge in [-0.15, -0.1) is 0 Å². The van der Waals surface area contributed by atoms with Crippen molar-refractivity contribution in [3.63, 3.8) is 0 Å². The van der Waals surface area contributed by atoms with Gasteiger partial charge < -0.3 is 4.74 Å². The molecular formula is C14H19N5O. The summed E-state index contributed by atoms with van der Waals surface area (Å²) in [7, 11) is 0. The standard InChI is InChI=1S/C14H19N5O/c1-4-15-5-2-13(1)3-6-18-7-8-20-14(9-18)10-19-12-16-11-17-19/h1-2,4-5,11-12,14H,3,6-10H2/t14-/m0/s1. The minimum absolute atomic E-state index is 0.197. The molecule has 1 fully saturated rings. The zero-order chi connectivity index (χ0) is 13.6. The molecule has 0 aromatic carbocycles. The summed E-state index contributed by atoms with van der Waals surface area (Å²) in [6.07, 6.45) is 8.24. The van der Waals surface area contributed by atoms with Gasteiger partial charge in [0.15, 0.2) is 0 Å². The van der Waals surface area contributed by atoms with Gasteiger partial charge in [-0.25, -0.2) is 4.98 Å². The first-order valence-corrected chi connectivity index (χ1v) is 6.95. The van der Waals surface area contributed by atoms with E-state index in [4.69, 9.17) is 4.74 Å². The van der Waals surface area contributed by atoms with Gasteiger partial charge >= 0.3 is 0 Å². The van der Waals surface area contributed by atoms with Gasteiger partial charge in [-0.1, -0.05) is 0 Å². The average Bonchev–Trinajstić information content (AvgIpc) is 3.00. The predicted molar refractivity (Wildman–Crippen MR) is 74.1 cm³/mol. The first kappa shape index (κ1) is 13.2. The van der Waals surface area contributed by atoms with Gasteiger partial charge in [0.05, 0.1) is 19.3 Å². The van der Waals surface area contributed by atoms with Crippen LogP contribution in [0, 0.1) is 0 Å². The van der Waals surface area contributed by atoms with E-state index in [1.807, 2.05) is 17.1 Å². The first-order chi connectivity index (χ1) is 9.90. The molecule has 106 valence electrons. The molecule has 3 rings (SSSR count). The van der Waals surface area contributed by atoms with E-state index in [0.29, 0.717) is 0 Å². The molecular weight excluding hydrogens is 254 g/mol. The van der Waals surface area contributed by atoms with Gasteiger partial charge in [0.1, 0.15) is 12.7 Å². The highest BCUT2D eigenvalue weighted by Gasteiger charge is 2.20. The van der Waals surface area contributed by atoms with Crippen molar-refractivity contribution >= 4 is 0 Å². The Hall–Kier alpha value is -1.79. The average molecular weight is 273 g/mol. The van der Waals surface area contributed by atoms with Gasteiger partial charge in [0.25, 0.3) is 0 Å². The summed E-state index contributed by atoms with van der Waals surface area (Å²) in [6.45, 7) is 4.56. The molecule has 0 aliphatic carbocycles. The Bertz CT molecular complexity index is 502. The summed E-state index contributed by atoms with van der Waals surface area (Å²) in [6, 6.07) is 4.15. The van der Waals surface area contributed by atoms with Crippen molar-refractivity contribution in [3.8, 4) is 0 Å². The molecule has 1 atom stereocenters. The lowest BCUT2D eigenvalue weighted by Crippen LogP contribution is -2.44. The van der Waals surface area contributed by atoms with Crippen molar-refractivity contribution in [2.24, 2.45) is 0 Å². The van der Waals surface area contributed by atoms with Gasteiger partial charge in [-0.3, -0.25) is 14.6 Å². The Morgan fingerprint density at radius 2 is 2.15 bits per heavy atom. The fourth-order valence-electron chi connectivity index (χ4n) is 2.47. The summed E-state index contributed by atoms with van der Waals surface area (Å²) in [5, 5.41) is 4.13. The number of hydrogen-bond donors (Lipinski definition) is 0. The quantitative estimate of drug-likeness (QED) is 0.799. The molecule has 6 heteroatoms. The molecule has 0 spiro atoms. The zero-order valence-electron chi connectivity index (χ0n) is 11.4. The summed E-state index contributed by atoms with van der Waals surface area (Å²) in [5.41, 5.74) is 1.33. The zero-order valence-corrected chi connectivity index (χ0v) is 11.4. The second kappa shape index (κ2) is 6.58. The highest BCUT2D eigenvalue weighted by Crippen LogP contribution is 2.08. The lowest BCUT2D eigenvalue weighted by atomic mass is 10.2. The summed E-state index contributed by atoms with van der Waals surface area (Å²) >= 11 is 0. The monoisotopic (exact) mass is 273 g/mol. The third-order valence-corrected chi connectivity index (χ3v) is 3.55. The normalized spacial score (nSPS) is 20.1. The Kier molecular flexibility index (Phi) is 4.35. The van der Waals surface area contributed by atoms with Crippen LogP contribution in [-0.4, -0.2) is 57.0 Å². The second-order valence-electron chi connectivity index (χ2n) is 5.02. The molecule has 20 heavy (non-hydrogen) atoms. The van der Waals surface area contributed by atoms with E-state index >= 15 is 0 Å². The second-order valence-corrected chi connectivity index (χ2v) is 5.02. The van der Waals surface area contributed by atoms with Crippen molar-refractivity contribution in [2.75, 3.05) is 26.2 Å². The minimum Gasteiger partial charge on any atom is -0.374 e. The third kappa shape index (κ3) is 3.61. The van der Waals surface area contributed by atoms with Crippen molar-refractivity contribution in [2.45, 2.75) is 19.1 Å². The van der Waals surface area contributed by atoms with Crippen LogP contribution in [0.15, 0.2) is 37.2 Å². The Labute approximate surface area is 118 Å². The van der Waals surface area contributed by atoms with Crippen LogP contribution in [0.4, 0.5) is 0 Å². The van der Waals surface area contributed by atoms with E-state index in [0.717, 1.165) is 39.2 Å². The molecule has 1 aliphatic heterocycles. The summed E-state index contributed by atoms with van der Waals surface area (Å²) in [5.74, 6) is 0.